The number of piperazine rings is 1. The van der Waals surface area contributed by atoms with Crippen molar-refractivity contribution in [2.45, 2.75) is 37.0 Å². The SMILES string of the molecule is COc1c(N2CCNC3(CC3)C2)c(F)cc2c(=O)c(C(=O)O)cn([C@@H]3C[C@@H]3F)c12. The summed E-state index contributed by atoms with van der Waals surface area (Å²) >= 11 is 0. The van der Waals surface area contributed by atoms with Crippen molar-refractivity contribution in [3.05, 3.63) is 33.9 Å². The van der Waals surface area contributed by atoms with Gasteiger partial charge in [-0.15, -0.1) is 0 Å². The van der Waals surface area contributed by atoms with Crippen LogP contribution in [0.25, 0.3) is 10.9 Å². The fourth-order valence-corrected chi connectivity index (χ4v) is 4.42. The van der Waals surface area contributed by atoms with Gasteiger partial charge >= 0.3 is 5.97 Å². The van der Waals surface area contributed by atoms with Crippen LogP contribution in [0.1, 0.15) is 35.7 Å². The topological polar surface area (TPSA) is 83.8 Å². The predicted octanol–water partition coefficient (Wildman–Crippen LogP) is 2.07. The Morgan fingerprint density at radius 3 is 2.72 bits per heavy atom. The molecular weight excluding hydrogens is 384 g/mol. The molecule has 3 aliphatic rings. The van der Waals surface area contributed by atoms with Crippen molar-refractivity contribution in [3.8, 4) is 5.75 Å². The molecule has 7 nitrogen and oxygen atoms in total. The zero-order valence-electron chi connectivity index (χ0n) is 15.9. The quantitative estimate of drug-likeness (QED) is 0.810. The third-order valence-corrected chi connectivity index (χ3v) is 6.22. The van der Waals surface area contributed by atoms with E-state index >= 15 is 4.39 Å². The molecule has 2 saturated carbocycles. The molecule has 1 saturated heterocycles. The van der Waals surface area contributed by atoms with Gasteiger partial charge in [0.15, 0.2) is 11.6 Å². The second kappa shape index (κ2) is 6.16. The van der Waals surface area contributed by atoms with E-state index in [1.807, 2.05) is 4.90 Å². The minimum absolute atomic E-state index is 0.0159. The normalized spacial score (nSPS) is 24.7. The molecule has 0 unspecified atom stereocenters. The second-order valence-electron chi connectivity index (χ2n) is 8.17. The average Bonchev–Trinajstić information content (AvgIpc) is 3.60. The van der Waals surface area contributed by atoms with Gasteiger partial charge in [-0.25, -0.2) is 13.6 Å². The number of aromatic nitrogens is 1. The molecule has 2 heterocycles. The van der Waals surface area contributed by atoms with E-state index in [-0.39, 0.29) is 34.3 Å². The number of carbonyl (C=O) groups is 1. The van der Waals surface area contributed by atoms with E-state index in [4.69, 9.17) is 4.74 Å². The number of anilines is 1. The minimum Gasteiger partial charge on any atom is -0.492 e. The highest BCUT2D eigenvalue weighted by Crippen LogP contribution is 2.47. The number of rotatable bonds is 4. The lowest BCUT2D eigenvalue weighted by Gasteiger charge is -2.36. The Hall–Kier alpha value is -2.68. The van der Waals surface area contributed by atoms with E-state index in [1.165, 1.54) is 11.7 Å². The van der Waals surface area contributed by atoms with E-state index in [1.54, 1.807) is 0 Å². The predicted molar refractivity (Wildman–Crippen MR) is 102 cm³/mol. The van der Waals surface area contributed by atoms with E-state index in [0.29, 0.717) is 19.6 Å². The lowest BCUT2D eigenvalue weighted by Crippen LogP contribution is -2.52. The zero-order chi connectivity index (χ0) is 20.5. The summed E-state index contributed by atoms with van der Waals surface area (Å²) in [7, 11) is 1.38. The van der Waals surface area contributed by atoms with Gasteiger partial charge in [0.25, 0.3) is 0 Å². The summed E-state index contributed by atoms with van der Waals surface area (Å²) in [6.07, 6.45) is 2.25. The molecule has 2 N–H and O–H groups in total. The van der Waals surface area contributed by atoms with Crippen LogP contribution in [-0.4, -0.2) is 54.1 Å². The lowest BCUT2D eigenvalue weighted by molar-refractivity contribution is 0.0694. The largest absolute Gasteiger partial charge is 0.492 e. The number of methoxy groups -OCH3 is 1. The number of nitrogens with one attached hydrogen (secondary N) is 1. The second-order valence-corrected chi connectivity index (χ2v) is 8.17. The van der Waals surface area contributed by atoms with Crippen LogP contribution in [0.5, 0.6) is 5.75 Å². The molecule has 0 bridgehead atoms. The standard InChI is InChI=1S/C20H21F2N3O4/c1-29-18-15-10(17(26)11(19(27)28)8-25(15)14-7-12(14)21)6-13(22)16(18)24-5-4-23-20(9-24)2-3-20/h6,8,12,14,23H,2-5,7,9H2,1H3,(H,27,28)/t12-,14+/m0/s1. The summed E-state index contributed by atoms with van der Waals surface area (Å²) in [5.74, 6) is -1.93. The summed E-state index contributed by atoms with van der Waals surface area (Å²) in [6.45, 7) is 1.87. The number of alkyl halides is 1. The maximum absolute atomic E-state index is 15.3. The van der Waals surface area contributed by atoms with Gasteiger partial charge in [0, 0.05) is 37.8 Å². The number of pyridine rings is 1. The summed E-state index contributed by atoms with van der Waals surface area (Å²) in [4.78, 5) is 26.2. The van der Waals surface area contributed by atoms with E-state index < -0.39 is 35.0 Å². The van der Waals surface area contributed by atoms with Crippen LogP contribution in [-0.2, 0) is 0 Å². The number of carboxylic acids is 1. The van der Waals surface area contributed by atoms with Crippen LogP contribution in [0.15, 0.2) is 17.1 Å². The van der Waals surface area contributed by atoms with Crippen LogP contribution in [0.2, 0.25) is 0 Å². The molecule has 1 spiro atoms. The molecule has 1 aromatic carbocycles. The van der Waals surface area contributed by atoms with Crippen molar-refractivity contribution in [1.82, 2.24) is 9.88 Å². The third-order valence-electron chi connectivity index (χ3n) is 6.22. The van der Waals surface area contributed by atoms with E-state index in [9.17, 15) is 19.1 Å². The fourth-order valence-electron chi connectivity index (χ4n) is 4.42. The number of benzene rings is 1. The molecule has 0 amide bonds. The monoisotopic (exact) mass is 405 g/mol. The maximum Gasteiger partial charge on any atom is 0.341 e. The molecule has 9 heteroatoms. The van der Waals surface area contributed by atoms with Crippen LogP contribution < -0.4 is 20.4 Å². The summed E-state index contributed by atoms with van der Waals surface area (Å²) in [6, 6.07) is 0.469. The van der Waals surface area contributed by atoms with Crippen LogP contribution in [0.3, 0.4) is 0 Å². The fraction of sp³-hybridized carbons (Fsp3) is 0.500. The van der Waals surface area contributed by atoms with Crippen molar-refractivity contribution < 1.29 is 23.4 Å². The molecule has 2 atom stereocenters. The van der Waals surface area contributed by atoms with E-state index in [0.717, 1.165) is 25.1 Å². The zero-order valence-corrected chi connectivity index (χ0v) is 15.9. The molecule has 2 aromatic rings. The Bertz CT molecular complexity index is 1100. The van der Waals surface area contributed by atoms with Crippen molar-refractivity contribution in [2.75, 3.05) is 31.6 Å². The van der Waals surface area contributed by atoms with E-state index in [2.05, 4.69) is 5.32 Å². The van der Waals surface area contributed by atoms with Gasteiger partial charge in [-0.3, -0.25) is 4.79 Å². The molecule has 29 heavy (non-hydrogen) atoms. The highest BCUT2D eigenvalue weighted by atomic mass is 19.1. The van der Waals surface area contributed by atoms with Crippen LogP contribution in [0.4, 0.5) is 14.5 Å². The summed E-state index contributed by atoms with van der Waals surface area (Å²) in [5.41, 5.74) is -0.849. The van der Waals surface area contributed by atoms with Gasteiger partial charge in [0.05, 0.1) is 24.1 Å². The Morgan fingerprint density at radius 1 is 1.41 bits per heavy atom. The number of ether oxygens (including phenoxy) is 1. The molecule has 154 valence electrons. The van der Waals surface area contributed by atoms with Gasteiger partial charge in [0.2, 0.25) is 5.43 Å². The third kappa shape index (κ3) is 2.78. The molecule has 1 aromatic heterocycles. The molecular formula is C20H21F2N3O4. The van der Waals surface area contributed by atoms with Gasteiger partial charge in [-0.1, -0.05) is 0 Å². The minimum atomic E-state index is -1.43. The maximum atomic E-state index is 15.3. The first-order chi connectivity index (χ1) is 13.8. The number of hydrogen-bond acceptors (Lipinski definition) is 5. The van der Waals surface area contributed by atoms with Crippen molar-refractivity contribution in [2.24, 2.45) is 0 Å². The average molecular weight is 405 g/mol. The number of fused-ring (bicyclic) bond motifs is 1. The summed E-state index contributed by atoms with van der Waals surface area (Å²) in [5, 5.41) is 12.7. The number of aromatic carboxylic acids is 1. The van der Waals surface area contributed by atoms with Gasteiger partial charge in [0.1, 0.15) is 17.4 Å². The van der Waals surface area contributed by atoms with Crippen molar-refractivity contribution in [3.63, 3.8) is 0 Å². The highest BCUT2D eigenvalue weighted by Gasteiger charge is 2.47. The van der Waals surface area contributed by atoms with Gasteiger partial charge in [-0.05, 0) is 18.9 Å². The Balaban J connectivity index is 1.78. The number of halogens is 2. The van der Waals surface area contributed by atoms with Crippen LogP contribution >= 0.6 is 0 Å². The summed E-state index contributed by atoms with van der Waals surface area (Å²) < 4.78 is 36.2. The smallest absolute Gasteiger partial charge is 0.341 e. The molecule has 5 rings (SSSR count). The molecule has 1 aliphatic heterocycles. The molecule has 0 radical (unpaired) electrons. The lowest BCUT2D eigenvalue weighted by atomic mass is 10.1. The van der Waals surface area contributed by atoms with Gasteiger partial charge < -0.3 is 24.6 Å². The first-order valence-corrected chi connectivity index (χ1v) is 9.68. The molecule has 2 aliphatic carbocycles. The van der Waals surface area contributed by atoms with Crippen LogP contribution in [0, 0.1) is 5.82 Å². The number of carboxylic acid groups (broad SMARTS) is 1. The van der Waals surface area contributed by atoms with Crippen molar-refractivity contribution in [1.29, 1.82) is 0 Å². The number of hydrogen-bond donors (Lipinski definition) is 2. The Morgan fingerprint density at radius 2 is 2.14 bits per heavy atom. The first-order valence-electron chi connectivity index (χ1n) is 9.68. The first kappa shape index (κ1) is 18.4. The molecule has 3 fully saturated rings. The van der Waals surface area contributed by atoms with Crippen molar-refractivity contribution >= 4 is 22.6 Å². The number of nitrogens with zero attached hydrogens (tertiary/aromatic N) is 2. The Kier molecular flexibility index (Phi) is 3.90. The highest BCUT2D eigenvalue weighted by molar-refractivity contribution is 5.97. The van der Waals surface area contributed by atoms with Gasteiger partial charge in [-0.2, -0.15) is 0 Å². The Labute approximate surface area is 164 Å².